The van der Waals surface area contributed by atoms with Crippen LogP contribution in [0.15, 0.2) is 71.6 Å². The van der Waals surface area contributed by atoms with Gasteiger partial charge in [0.25, 0.3) is 15.9 Å². The van der Waals surface area contributed by atoms with E-state index in [9.17, 15) is 22.8 Å². The van der Waals surface area contributed by atoms with Crippen molar-refractivity contribution in [2.24, 2.45) is 0 Å². The van der Waals surface area contributed by atoms with Crippen LogP contribution in [-0.4, -0.2) is 47.5 Å². The minimum Gasteiger partial charge on any atom is -0.465 e. The Morgan fingerprint density at radius 2 is 1.40 bits per heavy atom. The number of sulfonamides is 1. The molecular formula is C24H21ClN2O7S. The maximum Gasteiger partial charge on any atom is 0.339 e. The van der Waals surface area contributed by atoms with Crippen LogP contribution in [0.3, 0.4) is 0 Å². The molecule has 1 N–H and O–H groups in total. The predicted molar refractivity (Wildman–Crippen MR) is 131 cm³/mol. The Labute approximate surface area is 207 Å². The van der Waals surface area contributed by atoms with E-state index in [1.807, 2.05) is 0 Å². The first-order chi connectivity index (χ1) is 16.6. The zero-order valence-electron chi connectivity index (χ0n) is 18.9. The number of carbonyl (C=O) groups excluding carboxylic acids is 3. The summed E-state index contributed by atoms with van der Waals surface area (Å²) in [6.45, 7) is 0. The summed E-state index contributed by atoms with van der Waals surface area (Å²) < 4.78 is 36.2. The highest BCUT2D eigenvalue weighted by atomic mass is 35.5. The van der Waals surface area contributed by atoms with Gasteiger partial charge in [0.15, 0.2) is 0 Å². The predicted octanol–water partition coefficient (Wildman–Crippen LogP) is 3.99. The minimum atomic E-state index is -3.85. The van der Waals surface area contributed by atoms with Gasteiger partial charge in [0.1, 0.15) is 0 Å². The molecule has 0 bridgehead atoms. The molecule has 35 heavy (non-hydrogen) atoms. The molecule has 0 spiro atoms. The Bertz CT molecular complexity index is 1370. The van der Waals surface area contributed by atoms with Crippen molar-refractivity contribution in [1.29, 1.82) is 0 Å². The third-order valence-corrected chi connectivity index (χ3v) is 7.11. The normalized spacial score (nSPS) is 10.9. The van der Waals surface area contributed by atoms with Crippen molar-refractivity contribution in [1.82, 2.24) is 0 Å². The lowest BCUT2D eigenvalue weighted by Gasteiger charge is -2.20. The first-order valence-corrected chi connectivity index (χ1v) is 11.9. The number of hydrogen-bond acceptors (Lipinski definition) is 7. The molecule has 3 aromatic carbocycles. The Balaban J connectivity index is 1.85. The highest BCUT2D eigenvalue weighted by Crippen LogP contribution is 2.25. The van der Waals surface area contributed by atoms with E-state index in [2.05, 4.69) is 10.1 Å². The fraction of sp³-hybridized carbons (Fsp3) is 0.125. The number of amides is 1. The van der Waals surface area contributed by atoms with Gasteiger partial charge >= 0.3 is 11.9 Å². The van der Waals surface area contributed by atoms with Gasteiger partial charge in [0.05, 0.1) is 41.6 Å². The Kier molecular flexibility index (Phi) is 7.78. The van der Waals surface area contributed by atoms with Gasteiger partial charge in [-0.25, -0.2) is 18.0 Å². The second-order valence-electron chi connectivity index (χ2n) is 7.17. The average Bonchev–Trinajstić information content (AvgIpc) is 2.87. The third kappa shape index (κ3) is 5.61. The van der Waals surface area contributed by atoms with E-state index in [1.54, 1.807) is 0 Å². The fourth-order valence-electron chi connectivity index (χ4n) is 3.10. The molecule has 0 saturated heterocycles. The molecule has 0 fully saturated rings. The largest absolute Gasteiger partial charge is 0.465 e. The quantitative estimate of drug-likeness (QED) is 0.471. The van der Waals surface area contributed by atoms with Gasteiger partial charge in [-0.15, -0.1) is 0 Å². The summed E-state index contributed by atoms with van der Waals surface area (Å²) in [4.78, 5) is 36.9. The molecule has 3 rings (SSSR count). The highest BCUT2D eigenvalue weighted by Gasteiger charge is 2.22. The molecule has 0 aliphatic heterocycles. The van der Waals surface area contributed by atoms with Crippen LogP contribution in [0.5, 0.6) is 0 Å². The molecule has 0 saturated carbocycles. The summed E-state index contributed by atoms with van der Waals surface area (Å²) in [5, 5.41) is 2.99. The van der Waals surface area contributed by atoms with Crippen molar-refractivity contribution < 1.29 is 32.3 Å². The van der Waals surface area contributed by atoms with E-state index in [1.165, 1.54) is 88.0 Å². The number of esters is 2. The van der Waals surface area contributed by atoms with E-state index in [0.717, 1.165) is 4.31 Å². The standard InChI is InChI=1S/C24H21ClN2O7S/c1-27(35(31,32)19-11-7-17(25)8-12-19)18-9-4-15(5-10-18)22(28)26-21-14-16(23(29)33-2)6-13-20(21)24(30)34-3/h4-14H,1-3H3,(H,26,28). The monoisotopic (exact) mass is 516 g/mol. The zero-order chi connectivity index (χ0) is 25.8. The van der Waals surface area contributed by atoms with Gasteiger partial charge in [-0.1, -0.05) is 11.6 Å². The van der Waals surface area contributed by atoms with Crippen LogP contribution in [0.2, 0.25) is 5.02 Å². The smallest absolute Gasteiger partial charge is 0.339 e. The van der Waals surface area contributed by atoms with E-state index in [0.29, 0.717) is 10.7 Å². The first kappa shape index (κ1) is 25.7. The molecule has 0 atom stereocenters. The number of halogens is 1. The molecule has 1 amide bonds. The van der Waals surface area contributed by atoms with Crippen LogP contribution in [0.25, 0.3) is 0 Å². The van der Waals surface area contributed by atoms with Crippen LogP contribution in [0.1, 0.15) is 31.1 Å². The lowest BCUT2D eigenvalue weighted by atomic mass is 10.1. The fourth-order valence-corrected chi connectivity index (χ4v) is 4.42. The Hall–Kier alpha value is -3.89. The van der Waals surface area contributed by atoms with Crippen LogP contribution in [-0.2, 0) is 19.5 Å². The number of rotatable bonds is 7. The number of hydrogen-bond donors (Lipinski definition) is 1. The molecular weight excluding hydrogens is 496 g/mol. The highest BCUT2D eigenvalue weighted by molar-refractivity contribution is 7.92. The summed E-state index contributed by atoms with van der Waals surface area (Å²) in [6.07, 6.45) is 0. The molecule has 0 radical (unpaired) electrons. The van der Waals surface area contributed by atoms with Gasteiger partial charge in [0, 0.05) is 17.6 Å². The lowest BCUT2D eigenvalue weighted by molar-refractivity contribution is 0.0587. The van der Waals surface area contributed by atoms with Gasteiger partial charge in [0.2, 0.25) is 0 Å². The van der Waals surface area contributed by atoms with Gasteiger partial charge < -0.3 is 14.8 Å². The van der Waals surface area contributed by atoms with Crippen molar-refractivity contribution in [2.45, 2.75) is 4.90 Å². The number of carbonyl (C=O) groups is 3. The Morgan fingerprint density at radius 3 is 1.97 bits per heavy atom. The summed E-state index contributed by atoms with van der Waals surface area (Å²) in [5.41, 5.74) is 0.722. The van der Waals surface area contributed by atoms with Gasteiger partial charge in [-0.2, -0.15) is 0 Å². The molecule has 0 unspecified atom stereocenters. The SMILES string of the molecule is COC(=O)c1ccc(C(=O)OC)c(NC(=O)c2ccc(N(C)S(=O)(=O)c3ccc(Cl)cc3)cc2)c1. The molecule has 0 heterocycles. The summed E-state index contributed by atoms with van der Waals surface area (Å²) in [6, 6.07) is 15.6. The molecule has 3 aromatic rings. The van der Waals surface area contributed by atoms with Crippen LogP contribution >= 0.6 is 11.6 Å². The van der Waals surface area contributed by atoms with Crippen molar-refractivity contribution >= 4 is 50.8 Å². The first-order valence-electron chi connectivity index (χ1n) is 10.0. The minimum absolute atomic E-state index is 0.0407. The zero-order valence-corrected chi connectivity index (χ0v) is 20.5. The van der Waals surface area contributed by atoms with E-state index < -0.39 is 27.9 Å². The van der Waals surface area contributed by atoms with Crippen LogP contribution in [0, 0.1) is 0 Å². The summed E-state index contributed by atoms with van der Waals surface area (Å²) in [7, 11) is -0.0574. The summed E-state index contributed by atoms with van der Waals surface area (Å²) >= 11 is 5.84. The van der Waals surface area contributed by atoms with Gasteiger partial charge in [-0.05, 0) is 66.7 Å². The topological polar surface area (TPSA) is 119 Å². The number of benzene rings is 3. The van der Waals surface area contributed by atoms with Crippen molar-refractivity contribution in [3.8, 4) is 0 Å². The number of anilines is 2. The number of methoxy groups -OCH3 is 2. The number of nitrogens with one attached hydrogen (secondary N) is 1. The van der Waals surface area contributed by atoms with Crippen molar-refractivity contribution in [3.63, 3.8) is 0 Å². The third-order valence-electron chi connectivity index (χ3n) is 5.06. The second-order valence-corrected chi connectivity index (χ2v) is 9.58. The molecule has 0 aliphatic carbocycles. The van der Waals surface area contributed by atoms with E-state index in [4.69, 9.17) is 16.3 Å². The maximum absolute atomic E-state index is 12.9. The average molecular weight is 517 g/mol. The van der Waals surface area contributed by atoms with Crippen molar-refractivity contribution in [3.05, 3.63) is 88.4 Å². The molecule has 11 heteroatoms. The molecule has 0 aliphatic rings. The molecule has 182 valence electrons. The van der Waals surface area contributed by atoms with Gasteiger partial charge in [-0.3, -0.25) is 9.10 Å². The van der Waals surface area contributed by atoms with Crippen LogP contribution in [0.4, 0.5) is 11.4 Å². The molecule has 9 nitrogen and oxygen atoms in total. The van der Waals surface area contributed by atoms with Crippen LogP contribution < -0.4 is 9.62 Å². The Morgan fingerprint density at radius 1 is 0.829 bits per heavy atom. The maximum atomic E-state index is 12.9. The molecule has 0 aromatic heterocycles. The lowest BCUT2D eigenvalue weighted by Crippen LogP contribution is -2.26. The van der Waals surface area contributed by atoms with E-state index >= 15 is 0 Å². The van der Waals surface area contributed by atoms with Crippen molar-refractivity contribution in [2.75, 3.05) is 30.9 Å². The second kappa shape index (κ2) is 10.6. The summed E-state index contributed by atoms with van der Waals surface area (Å²) in [5.74, 6) is -1.95. The number of nitrogens with zero attached hydrogens (tertiary/aromatic N) is 1. The van der Waals surface area contributed by atoms with E-state index in [-0.39, 0.29) is 27.3 Å². The number of ether oxygens (including phenoxy) is 2.